The number of anilines is 1. The molecule has 0 unspecified atom stereocenters. The number of amides is 2. The van der Waals surface area contributed by atoms with Crippen molar-refractivity contribution in [3.63, 3.8) is 0 Å². The van der Waals surface area contributed by atoms with Crippen LogP contribution in [0.3, 0.4) is 0 Å². The molecule has 0 N–H and O–H groups in total. The molecule has 2 aromatic rings. The third kappa shape index (κ3) is 4.17. The minimum Gasteiger partial charge on any atom is -0.497 e. The molecule has 6 heteroatoms. The van der Waals surface area contributed by atoms with Crippen molar-refractivity contribution in [3.8, 4) is 11.5 Å². The van der Waals surface area contributed by atoms with Gasteiger partial charge in [0.25, 0.3) is 5.91 Å². The van der Waals surface area contributed by atoms with E-state index < -0.39 is 0 Å². The summed E-state index contributed by atoms with van der Waals surface area (Å²) in [5, 5.41) is 0. The van der Waals surface area contributed by atoms with Gasteiger partial charge < -0.3 is 19.3 Å². The predicted molar refractivity (Wildman–Crippen MR) is 108 cm³/mol. The van der Waals surface area contributed by atoms with Crippen molar-refractivity contribution >= 4 is 17.5 Å². The van der Waals surface area contributed by atoms with Gasteiger partial charge >= 0.3 is 0 Å². The topological polar surface area (TPSA) is 59.1 Å². The maximum absolute atomic E-state index is 13.0. The number of benzene rings is 2. The second-order valence-electron chi connectivity index (χ2n) is 6.61. The average molecular weight is 380 g/mol. The molecule has 6 nitrogen and oxygen atoms in total. The molecule has 1 aliphatic rings. The Balaban J connectivity index is 1.73. The Hall–Kier alpha value is -3.28. The number of ether oxygens (including phenoxy) is 2. The van der Waals surface area contributed by atoms with Gasteiger partial charge in [0.2, 0.25) is 5.91 Å². The molecule has 0 radical (unpaired) electrons. The van der Waals surface area contributed by atoms with Gasteiger partial charge in [0, 0.05) is 23.8 Å². The van der Waals surface area contributed by atoms with Gasteiger partial charge in [-0.2, -0.15) is 0 Å². The van der Waals surface area contributed by atoms with Gasteiger partial charge in [-0.25, -0.2) is 0 Å². The highest BCUT2D eigenvalue weighted by molar-refractivity contribution is 6.02. The van der Waals surface area contributed by atoms with Crippen molar-refractivity contribution in [1.82, 2.24) is 4.90 Å². The third-order valence-electron chi connectivity index (χ3n) is 4.68. The fourth-order valence-electron chi connectivity index (χ4n) is 3.17. The zero-order valence-corrected chi connectivity index (χ0v) is 16.1. The molecule has 2 aromatic carbocycles. The van der Waals surface area contributed by atoms with Crippen LogP contribution in [0.1, 0.15) is 17.3 Å². The SMILES string of the molecule is C=CCOc1cccc(C(=O)N2CC(=O)N(c3ccc(OC)cc3)C[C@@H]2C)c1. The Labute approximate surface area is 165 Å². The Morgan fingerprint density at radius 2 is 1.96 bits per heavy atom. The minimum atomic E-state index is -0.181. The first-order valence-corrected chi connectivity index (χ1v) is 9.12. The van der Waals surface area contributed by atoms with E-state index in [0.29, 0.717) is 24.5 Å². The van der Waals surface area contributed by atoms with E-state index in [-0.39, 0.29) is 24.4 Å². The van der Waals surface area contributed by atoms with Crippen LogP contribution < -0.4 is 14.4 Å². The summed E-state index contributed by atoms with van der Waals surface area (Å²) in [6.07, 6.45) is 1.65. The van der Waals surface area contributed by atoms with Crippen molar-refractivity contribution in [2.24, 2.45) is 0 Å². The van der Waals surface area contributed by atoms with Gasteiger partial charge in [-0.05, 0) is 49.4 Å². The van der Waals surface area contributed by atoms with Gasteiger partial charge in [0.1, 0.15) is 24.7 Å². The molecule has 0 aliphatic carbocycles. The van der Waals surface area contributed by atoms with E-state index >= 15 is 0 Å². The molecular weight excluding hydrogens is 356 g/mol. The Bertz CT molecular complexity index is 863. The first kappa shape index (κ1) is 19.5. The molecule has 146 valence electrons. The lowest BCUT2D eigenvalue weighted by Gasteiger charge is -2.39. The maximum Gasteiger partial charge on any atom is 0.254 e. The summed E-state index contributed by atoms with van der Waals surface area (Å²) in [5.74, 6) is 1.04. The number of hydrogen-bond acceptors (Lipinski definition) is 4. The van der Waals surface area contributed by atoms with Crippen molar-refractivity contribution in [2.45, 2.75) is 13.0 Å². The first-order valence-electron chi connectivity index (χ1n) is 9.12. The number of carbonyl (C=O) groups excluding carboxylic acids is 2. The van der Waals surface area contributed by atoms with Gasteiger partial charge in [-0.1, -0.05) is 18.7 Å². The second kappa shape index (κ2) is 8.61. The summed E-state index contributed by atoms with van der Waals surface area (Å²) in [6, 6.07) is 14.2. The monoisotopic (exact) mass is 380 g/mol. The number of nitrogens with zero attached hydrogens (tertiary/aromatic N) is 2. The molecule has 3 rings (SSSR count). The molecule has 1 saturated heterocycles. The lowest BCUT2D eigenvalue weighted by Crippen LogP contribution is -2.57. The van der Waals surface area contributed by atoms with Gasteiger partial charge in [0.15, 0.2) is 0 Å². The zero-order chi connectivity index (χ0) is 20.1. The Morgan fingerprint density at radius 3 is 2.64 bits per heavy atom. The Morgan fingerprint density at radius 1 is 1.21 bits per heavy atom. The van der Waals surface area contributed by atoms with Crippen molar-refractivity contribution < 1.29 is 19.1 Å². The van der Waals surface area contributed by atoms with Gasteiger partial charge in [0.05, 0.1) is 7.11 Å². The van der Waals surface area contributed by atoms with E-state index in [1.54, 1.807) is 47.3 Å². The lowest BCUT2D eigenvalue weighted by molar-refractivity contribution is -0.121. The molecule has 28 heavy (non-hydrogen) atoms. The second-order valence-corrected chi connectivity index (χ2v) is 6.61. The molecule has 0 aromatic heterocycles. The van der Waals surface area contributed by atoms with Crippen LogP contribution in [0, 0.1) is 0 Å². The molecule has 0 bridgehead atoms. The third-order valence-corrected chi connectivity index (χ3v) is 4.68. The van der Waals surface area contributed by atoms with E-state index in [1.807, 2.05) is 31.2 Å². The molecular formula is C22H24N2O4. The lowest BCUT2D eigenvalue weighted by atomic mass is 10.1. The normalized spacial score (nSPS) is 16.6. The van der Waals surface area contributed by atoms with Crippen molar-refractivity contribution in [2.75, 3.05) is 31.7 Å². The van der Waals surface area contributed by atoms with Crippen LogP contribution in [0.5, 0.6) is 11.5 Å². The van der Waals surface area contributed by atoms with E-state index in [4.69, 9.17) is 9.47 Å². The summed E-state index contributed by atoms with van der Waals surface area (Å²) in [5.41, 5.74) is 1.30. The largest absolute Gasteiger partial charge is 0.497 e. The highest BCUT2D eigenvalue weighted by atomic mass is 16.5. The average Bonchev–Trinajstić information content (AvgIpc) is 2.73. The van der Waals surface area contributed by atoms with Crippen LogP contribution in [-0.4, -0.2) is 49.6 Å². The quantitative estimate of drug-likeness (QED) is 0.723. The van der Waals surface area contributed by atoms with E-state index in [0.717, 1.165) is 11.4 Å². The maximum atomic E-state index is 13.0. The molecule has 0 saturated carbocycles. The van der Waals surface area contributed by atoms with E-state index in [2.05, 4.69) is 6.58 Å². The van der Waals surface area contributed by atoms with Crippen LogP contribution in [0.2, 0.25) is 0 Å². The van der Waals surface area contributed by atoms with Crippen LogP contribution in [-0.2, 0) is 4.79 Å². The number of hydrogen-bond donors (Lipinski definition) is 0. The number of carbonyl (C=O) groups is 2. The van der Waals surface area contributed by atoms with Crippen LogP contribution in [0.4, 0.5) is 5.69 Å². The zero-order valence-electron chi connectivity index (χ0n) is 16.1. The Kier molecular flexibility index (Phi) is 5.99. The van der Waals surface area contributed by atoms with Gasteiger partial charge in [-0.3, -0.25) is 9.59 Å². The van der Waals surface area contributed by atoms with Crippen molar-refractivity contribution in [1.29, 1.82) is 0 Å². The predicted octanol–water partition coefficient (Wildman–Crippen LogP) is 3.14. The fraction of sp³-hybridized carbons (Fsp3) is 0.273. The molecule has 1 fully saturated rings. The molecule has 0 spiro atoms. The summed E-state index contributed by atoms with van der Waals surface area (Å²) in [7, 11) is 1.60. The summed E-state index contributed by atoms with van der Waals surface area (Å²) >= 11 is 0. The highest BCUT2D eigenvalue weighted by Gasteiger charge is 2.33. The molecule has 1 atom stereocenters. The highest BCUT2D eigenvalue weighted by Crippen LogP contribution is 2.24. The van der Waals surface area contributed by atoms with Crippen LogP contribution >= 0.6 is 0 Å². The summed E-state index contributed by atoms with van der Waals surface area (Å²) in [4.78, 5) is 29.0. The van der Waals surface area contributed by atoms with Gasteiger partial charge in [-0.15, -0.1) is 0 Å². The van der Waals surface area contributed by atoms with E-state index in [9.17, 15) is 9.59 Å². The van der Waals surface area contributed by atoms with Crippen LogP contribution in [0.25, 0.3) is 0 Å². The summed E-state index contributed by atoms with van der Waals surface area (Å²) < 4.78 is 10.7. The van der Waals surface area contributed by atoms with Crippen LogP contribution in [0.15, 0.2) is 61.2 Å². The first-order chi connectivity index (χ1) is 13.5. The smallest absolute Gasteiger partial charge is 0.254 e. The fourth-order valence-corrected chi connectivity index (χ4v) is 3.17. The number of methoxy groups -OCH3 is 1. The molecule has 2 amide bonds. The standard InChI is InChI=1S/C22H24N2O4/c1-4-12-28-20-7-5-6-17(13-20)22(26)23-15-21(25)24(14-16(23)2)18-8-10-19(27-3)11-9-18/h4-11,13,16H,1,12,14-15H2,2-3H3/t16-/m0/s1. The van der Waals surface area contributed by atoms with E-state index in [1.165, 1.54) is 0 Å². The summed E-state index contributed by atoms with van der Waals surface area (Å²) in [6.45, 7) is 6.39. The number of rotatable bonds is 6. The number of piperazine rings is 1. The van der Waals surface area contributed by atoms with Crippen molar-refractivity contribution in [3.05, 3.63) is 66.7 Å². The molecule has 1 heterocycles. The minimum absolute atomic E-state index is 0.0315. The molecule has 1 aliphatic heterocycles.